The van der Waals surface area contributed by atoms with Crippen LogP contribution in [-0.2, 0) is 6.18 Å². The lowest BCUT2D eigenvalue weighted by molar-refractivity contribution is -0.140. The number of hydrogen-bond acceptors (Lipinski definition) is 1. The van der Waals surface area contributed by atoms with Crippen molar-refractivity contribution < 1.29 is 18.3 Å². The minimum Gasteiger partial charge on any atom is -0.388 e. The van der Waals surface area contributed by atoms with Gasteiger partial charge in [0.1, 0.15) is 0 Å². The van der Waals surface area contributed by atoms with Crippen molar-refractivity contribution in [1.29, 1.82) is 0 Å². The summed E-state index contributed by atoms with van der Waals surface area (Å²) in [4.78, 5) is 0. The highest BCUT2D eigenvalue weighted by atomic mass is 19.4. The molecule has 1 saturated carbocycles. The predicted molar refractivity (Wildman–Crippen MR) is 63.0 cm³/mol. The standard InChI is InChI=1S/C14H17F3O/c1-13(8-4-5-9-13)12(18)10-6-2-3-7-11(10)14(15,16)17/h2-3,6-7,12,18H,4-5,8-9H2,1H3. The van der Waals surface area contributed by atoms with Gasteiger partial charge in [0.15, 0.2) is 0 Å². The molecule has 1 nitrogen and oxygen atoms in total. The van der Waals surface area contributed by atoms with Crippen molar-refractivity contribution in [3.63, 3.8) is 0 Å². The fourth-order valence-electron chi connectivity index (χ4n) is 2.83. The minimum atomic E-state index is -4.41. The molecule has 0 radical (unpaired) electrons. The van der Waals surface area contributed by atoms with Crippen LogP contribution in [0.25, 0.3) is 0 Å². The third kappa shape index (κ3) is 2.39. The second-order valence-corrected chi connectivity index (χ2v) is 5.35. The molecule has 0 aliphatic heterocycles. The van der Waals surface area contributed by atoms with Crippen molar-refractivity contribution in [2.24, 2.45) is 5.41 Å². The molecule has 1 unspecified atom stereocenters. The van der Waals surface area contributed by atoms with Gasteiger partial charge in [-0.05, 0) is 29.9 Å². The highest BCUT2D eigenvalue weighted by Crippen LogP contribution is 2.49. The van der Waals surface area contributed by atoms with Crippen molar-refractivity contribution in [2.45, 2.75) is 44.9 Å². The Hall–Kier alpha value is -1.03. The summed E-state index contributed by atoms with van der Waals surface area (Å²) in [5.74, 6) is 0. The fourth-order valence-corrected chi connectivity index (χ4v) is 2.83. The number of benzene rings is 1. The number of aliphatic hydroxyl groups is 1. The Morgan fingerprint density at radius 1 is 1.17 bits per heavy atom. The average Bonchev–Trinajstić information content (AvgIpc) is 2.75. The molecule has 18 heavy (non-hydrogen) atoms. The van der Waals surface area contributed by atoms with Crippen LogP contribution in [-0.4, -0.2) is 5.11 Å². The molecule has 0 heterocycles. The molecule has 1 aromatic carbocycles. The van der Waals surface area contributed by atoms with E-state index in [0.29, 0.717) is 0 Å². The number of rotatable bonds is 2. The van der Waals surface area contributed by atoms with Gasteiger partial charge in [-0.1, -0.05) is 38.0 Å². The van der Waals surface area contributed by atoms with Gasteiger partial charge in [-0.3, -0.25) is 0 Å². The van der Waals surface area contributed by atoms with Crippen LogP contribution in [0, 0.1) is 5.41 Å². The molecular formula is C14H17F3O. The first-order valence-electron chi connectivity index (χ1n) is 6.19. The van der Waals surface area contributed by atoms with E-state index in [4.69, 9.17) is 0 Å². The van der Waals surface area contributed by atoms with Gasteiger partial charge in [-0.2, -0.15) is 13.2 Å². The number of alkyl halides is 3. The largest absolute Gasteiger partial charge is 0.416 e. The van der Waals surface area contributed by atoms with Crippen LogP contribution in [0.5, 0.6) is 0 Å². The van der Waals surface area contributed by atoms with Crippen molar-refractivity contribution in [2.75, 3.05) is 0 Å². The van der Waals surface area contributed by atoms with E-state index in [2.05, 4.69) is 0 Å². The summed E-state index contributed by atoms with van der Waals surface area (Å²) in [5, 5.41) is 10.3. The van der Waals surface area contributed by atoms with E-state index < -0.39 is 23.3 Å². The van der Waals surface area contributed by atoms with Crippen LogP contribution in [0.15, 0.2) is 24.3 Å². The lowest BCUT2D eigenvalue weighted by atomic mass is 9.78. The lowest BCUT2D eigenvalue weighted by Crippen LogP contribution is -2.24. The number of aliphatic hydroxyl groups excluding tert-OH is 1. The second-order valence-electron chi connectivity index (χ2n) is 5.35. The molecule has 100 valence electrons. The summed E-state index contributed by atoms with van der Waals surface area (Å²) in [5.41, 5.74) is -1.14. The van der Waals surface area contributed by atoms with Crippen LogP contribution in [0.1, 0.15) is 49.8 Å². The van der Waals surface area contributed by atoms with Crippen LogP contribution in [0.3, 0.4) is 0 Å². The first-order chi connectivity index (χ1) is 8.34. The van der Waals surface area contributed by atoms with E-state index >= 15 is 0 Å². The summed E-state index contributed by atoms with van der Waals surface area (Å²) in [6, 6.07) is 5.33. The summed E-state index contributed by atoms with van der Waals surface area (Å²) in [7, 11) is 0. The van der Waals surface area contributed by atoms with Crippen LogP contribution < -0.4 is 0 Å². The van der Waals surface area contributed by atoms with E-state index in [1.54, 1.807) is 6.07 Å². The Balaban J connectivity index is 2.39. The van der Waals surface area contributed by atoms with E-state index in [0.717, 1.165) is 31.7 Å². The molecular weight excluding hydrogens is 241 g/mol. The monoisotopic (exact) mass is 258 g/mol. The zero-order chi connectivity index (χ0) is 13.4. The zero-order valence-electron chi connectivity index (χ0n) is 10.3. The van der Waals surface area contributed by atoms with Crippen LogP contribution in [0.4, 0.5) is 13.2 Å². The lowest BCUT2D eigenvalue weighted by Gasteiger charge is -2.31. The molecule has 1 N–H and O–H groups in total. The second kappa shape index (κ2) is 4.57. The Bertz CT molecular complexity index is 419. The molecule has 0 spiro atoms. The Morgan fingerprint density at radius 3 is 2.28 bits per heavy atom. The maximum Gasteiger partial charge on any atom is 0.416 e. The maximum atomic E-state index is 12.9. The summed E-state index contributed by atoms with van der Waals surface area (Å²) in [6.07, 6.45) is -1.95. The van der Waals surface area contributed by atoms with E-state index in [-0.39, 0.29) is 5.56 Å². The van der Waals surface area contributed by atoms with Gasteiger partial charge in [0.05, 0.1) is 11.7 Å². The highest BCUT2D eigenvalue weighted by Gasteiger charge is 2.41. The molecule has 1 aromatic rings. The SMILES string of the molecule is CC1(C(O)c2ccccc2C(F)(F)F)CCCC1. The van der Waals surface area contributed by atoms with Gasteiger partial charge in [0.2, 0.25) is 0 Å². The summed E-state index contributed by atoms with van der Waals surface area (Å²) >= 11 is 0. The zero-order valence-corrected chi connectivity index (χ0v) is 10.3. The highest BCUT2D eigenvalue weighted by molar-refractivity contribution is 5.32. The van der Waals surface area contributed by atoms with Crippen molar-refractivity contribution in [3.05, 3.63) is 35.4 Å². The van der Waals surface area contributed by atoms with Gasteiger partial charge in [0, 0.05) is 0 Å². The smallest absolute Gasteiger partial charge is 0.388 e. The molecule has 1 atom stereocenters. The minimum absolute atomic E-state index is 0.00870. The van der Waals surface area contributed by atoms with E-state index in [9.17, 15) is 18.3 Å². The fraction of sp³-hybridized carbons (Fsp3) is 0.571. The van der Waals surface area contributed by atoms with Gasteiger partial charge in [0.25, 0.3) is 0 Å². The molecule has 0 saturated heterocycles. The molecule has 0 bridgehead atoms. The maximum absolute atomic E-state index is 12.9. The molecule has 2 rings (SSSR count). The van der Waals surface area contributed by atoms with Crippen molar-refractivity contribution in [3.8, 4) is 0 Å². The van der Waals surface area contributed by atoms with Gasteiger partial charge in [-0.25, -0.2) is 0 Å². The number of hydrogen-bond donors (Lipinski definition) is 1. The van der Waals surface area contributed by atoms with Crippen molar-refractivity contribution in [1.82, 2.24) is 0 Å². The molecule has 1 fully saturated rings. The Labute approximate surface area is 105 Å². The molecule has 1 aliphatic carbocycles. The van der Waals surface area contributed by atoms with Crippen LogP contribution >= 0.6 is 0 Å². The third-order valence-electron chi connectivity index (χ3n) is 3.97. The molecule has 1 aliphatic rings. The quantitative estimate of drug-likeness (QED) is 0.837. The van der Waals surface area contributed by atoms with Gasteiger partial charge >= 0.3 is 6.18 Å². The van der Waals surface area contributed by atoms with E-state index in [1.807, 2.05) is 6.92 Å². The molecule has 0 amide bonds. The van der Waals surface area contributed by atoms with Crippen LogP contribution in [0.2, 0.25) is 0 Å². The predicted octanol–water partition coefficient (Wildman–Crippen LogP) is 4.32. The molecule has 4 heteroatoms. The number of halogens is 3. The molecule has 0 aromatic heterocycles. The first-order valence-corrected chi connectivity index (χ1v) is 6.19. The Morgan fingerprint density at radius 2 is 1.72 bits per heavy atom. The van der Waals surface area contributed by atoms with E-state index in [1.165, 1.54) is 12.1 Å². The third-order valence-corrected chi connectivity index (χ3v) is 3.97. The van der Waals surface area contributed by atoms with Gasteiger partial charge in [-0.15, -0.1) is 0 Å². The Kier molecular flexibility index (Phi) is 3.41. The normalized spacial score (nSPS) is 20.9. The summed E-state index contributed by atoms with van der Waals surface area (Å²) < 4.78 is 38.7. The topological polar surface area (TPSA) is 20.2 Å². The van der Waals surface area contributed by atoms with Crippen molar-refractivity contribution >= 4 is 0 Å². The van der Waals surface area contributed by atoms with Gasteiger partial charge < -0.3 is 5.11 Å². The summed E-state index contributed by atoms with van der Waals surface area (Å²) in [6.45, 7) is 1.87. The average molecular weight is 258 g/mol. The first kappa shape index (κ1) is 13.4.